The monoisotopic (exact) mass is 206 g/mol. The highest BCUT2D eigenvalue weighted by atomic mass is 32.1. The van der Waals surface area contributed by atoms with Gasteiger partial charge in [-0.05, 0) is 47.4 Å². The van der Waals surface area contributed by atoms with Crippen LogP contribution in [0.4, 0.5) is 0 Å². The van der Waals surface area contributed by atoms with Crippen LogP contribution in [0.3, 0.4) is 0 Å². The Bertz CT molecular complexity index is 457. The lowest BCUT2D eigenvalue weighted by Gasteiger charge is -2.08. The topological polar surface area (TPSA) is 9.23 Å². The van der Waals surface area contributed by atoms with E-state index in [9.17, 15) is 0 Å². The zero-order valence-electron chi connectivity index (χ0n) is 8.76. The van der Waals surface area contributed by atoms with Crippen LogP contribution in [-0.4, -0.2) is 7.11 Å². The Balaban J connectivity index is 2.81. The summed E-state index contributed by atoms with van der Waals surface area (Å²) in [6.45, 7) is 4.35. The molecule has 0 amide bonds. The van der Waals surface area contributed by atoms with Gasteiger partial charge >= 0.3 is 0 Å². The maximum absolute atomic E-state index is 5.38. The molecular weight excluding hydrogens is 192 g/mol. The summed E-state index contributed by atoms with van der Waals surface area (Å²) in [5.74, 6) is 1.00. The standard InChI is InChI=1S/C12H14OS/c1-4-9-8(2)7-11(13-3)12-10(9)5-6-14-12/h5-7H,4H2,1-3H3. The molecule has 74 valence electrons. The Labute approximate surface area is 88.3 Å². The molecule has 0 radical (unpaired) electrons. The molecule has 0 fully saturated rings. The summed E-state index contributed by atoms with van der Waals surface area (Å²) in [5, 5.41) is 3.49. The molecule has 14 heavy (non-hydrogen) atoms. The molecule has 2 aromatic rings. The summed E-state index contributed by atoms with van der Waals surface area (Å²) >= 11 is 1.75. The Hall–Kier alpha value is -1.02. The van der Waals surface area contributed by atoms with Gasteiger partial charge in [-0.1, -0.05) is 6.92 Å². The first-order valence-corrected chi connectivity index (χ1v) is 5.69. The molecule has 1 aromatic carbocycles. The van der Waals surface area contributed by atoms with Crippen LogP contribution in [0, 0.1) is 6.92 Å². The van der Waals surface area contributed by atoms with E-state index in [-0.39, 0.29) is 0 Å². The summed E-state index contributed by atoms with van der Waals surface area (Å²) in [6, 6.07) is 4.33. The van der Waals surface area contributed by atoms with Crippen LogP contribution in [0.5, 0.6) is 5.75 Å². The van der Waals surface area contributed by atoms with Crippen LogP contribution in [-0.2, 0) is 6.42 Å². The molecule has 0 saturated heterocycles. The molecule has 0 unspecified atom stereocenters. The average Bonchev–Trinajstić information content (AvgIpc) is 2.65. The highest BCUT2D eigenvalue weighted by molar-refractivity contribution is 7.17. The molecule has 2 rings (SSSR count). The van der Waals surface area contributed by atoms with Gasteiger partial charge in [0.05, 0.1) is 11.8 Å². The van der Waals surface area contributed by atoms with Gasteiger partial charge in [0.1, 0.15) is 5.75 Å². The van der Waals surface area contributed by atoms with Gasteiger partial charge in [-0.2, -0.15) is 0 Å². The molecule has 0 N–H and O–H groups in total. The predicted octanol–water partition coefficient (Wildman–Crippen LogP) is 3.78. The van der Waals surface area contributed by atoms with E-state index in [0.29, 0.717) is 0 Å². The number of ether oxygens (including phenoxy) is 1. The highest BCUT2D eigenvalue weighted by Gasteiger charge is 2.09. The van der Waals surface area contributed by atoms with Crippen molar-refractivity contribution >= 4 is 21.4 Å². The van der Waals surface area contributed by atoms with Gasteiger partial charge in [0.15, 0.2) is 0 Å². The zero-order chi connectivity index (χ0) is 10.1. The van der Waals surface area contributed by atoms with E-state index in [0.717, 1.165) is 12.2 Å². The second-order valence-corrected chi connectivity index (χ2v) is 4.31. The van der Waals surface area contributed by atoms with Gasteiger partial charge in [0.2, 0.25) is 0 Å². The summed E-state index contributed by atoms with van der Waals surface area (Å²) in [6.07, 6.45) is 1.09. The summed E-state index contributed by atoms with van der Waals surface area (Å²) in [5.41, 5.74) is 2.78. The van der Waals surface area contributed by atoms with Crippen molar-refractivity contribution in [3.63, 3.8) is 0 Å². The fourth-order valence-electron chi connectivity index (χ4n) is 1.92. The van der Waals surface area contributed by atoms with E-state index in [2.05, 4.69) is 31.4 Å². The number of rotatable bonds is 2. The minimum atomic E-state index is 1.00. The lowest BCUT2D eigenvalue weighted by atomic mass is 10.0. The van der Waals surface area contributed by atoms with Crippen molar-refractivity contribution in [1.82, 2.24) is 0 Å². The second-order valence-electron chi connectivity index (χ2n) is 3.39. The van der Waals surface area contributed by atoms with E-state index in [1.807, 2.05) is 0 Å². The molecule has 0 aliphatic rings. The van der Waals surface area contributed by atoms with Crippen LogP contribution >= 0.6 is 11.3 Å². The number of fused-ring (bicyclic) bond motifs is 1. The quantitative estimate of drug-likeness (QED) is 0.726. The molecule has 0 atom stereocenters. The summed E-state index contributed by atoms with van der Waals surface area (Å²) < 4.78 is 6.65. The predicted molar refractivity (Wildman–Crippen MR) is 62.5 cm³/mol. The molecule has 2 heteroatoms. The van der Waals surface area contributed by atoms with Crippen LogP contribution in [0.15, 0.2) is 17.5 Å². The van der Waals surface area contributed by atoms with Crippen molar-refractivity contribution in [2.75, 3.05) is 7.11 Å². The first kappa shape index (κ1) is 9.53. The molecule has 0 saturated carbocycles. The third kappa shape index (κ3) is 1.30. The molecule has 1 aromatic heterocycles. The maximum atomic E-state index is 5.38. The number of benzene rings is 1. The summed E-state index contributed by atoms with van der Waals surface area (Å²) in [4.78, 5) is 0. The molecule has 0 bridgehead atoms. The number of methoxy groups -OCH3 is 1. The highest BCUT2D eigenvalue weighted by Crippen LogP contribution is 2.35. The molecule has 0 aliphatic heterocycles. The van der Waals surface area contributed by atoms with Crippen molar-refractivity contribution in [2.45, 2.75) is 20.3 Å². The van der Waals surface area contributed by atoms with Gasteiger partial charge < -0.3 is 4.74 Å². The Morgan fingerprint density at radius 2 is 2.21 bits per heavy atom. The average molecular weight is 206 g/mol. The zero-order valence-corrected chi connectivity index (χ0v) is 9.57. The van der Waals surface area contributed by atoms with Gasteiger partial charge in [0, 0.05) is 0 Å². The fraction of sp³-hybridized carbons (Fsp3) is 0.333. The number of hydrogen-bond donors (Lipinski definition) is 0. The van der Waals surface area contributed by atoms with Crippen LogP contribution in [0.1, 0.15) is 18.1 Å². The largest absolute Gasteiger partial charge is 0.495 e. The van der Waals surface area contributed by atoms with Crippen LogP contribution in [0.25, 0.3) is 10.1 Å². The Morgan fingerprint density at radius 1 is 1.43 bits per heavy atom. The first-order chi connectivity index (χ1) is 6.77. The first-order valence-electron chi connectivity index (χ1n) is 4.81. The van der Waals surface area contributed by atoms with E-state index in [4.69, 9.17) is 4.74 Å². The lowest BCUT2D eigenvalue weighted by molar-refractivity contribution is 0.420. The van der Waals surface area contributed by atoms with E-state index >= 15 is 0 Å². The molecule has 1 nitrogen and oxygen atoms in total. The third-order valence-electron chi connectivity index (χ3n) is 2.61. The van der Waals surface area contributed by atoms with Gasteiger partial charge in [-0.15, -0.1) is 11.3 Å². The van der Waals surface area contributed by atoms with Crippen molar-refractivity contribution < 1.29 is 4.74 Å². The minimum Gasteiger partial charge on any atom is -0.495 e. The number of hydrogen-bond acceptors (Lipinski definition) is 2. The number of aryl methyl sites for hydroxylation is 2. The Kier molecular flexibility index (Phi) is 2.46. The van der Waals surface area contributed by atoms with E-state index < -0.39 is 0 Å². The van der Waals surface area contributed by atoms with Crippen molar-refractivity contribution in [1.29, 1.82) is 0 Å². The lowest BCUT2D eigenvalue weighted by Crippen LogP contribution is -1.90. The maximum Gasteiger partial charge on any atom is 0.136 e. The van der Waals surface area contributed by atoms with Crippen LogP contribution in [0.2, 0.25) is 0 Å². The molecular formula is C12H14OS. The normalized spacial score (nSPS) is 10.8. The van der Waals surface area contributed by atoms with Crippen molar-refractivity contribution in [3.8, 4) is 5.75 Å². The number of thiophene rings is 1. The van der Waals surface area contributed by atoms with Gasteiger partial charge in [-0.25, -0.2) is 0 Å². The molecule has 0 aliphatic carbocycles. The van der Waals surface area contributed by atoms with E-state index in [1.54, 1.807) is 18.4 Å². The van der Waals surface area contributed by atoms with Gasteiger partial charge in [-0.3, -0.25) is 0 Å². The SMILES string of the molecule is CCc1c(C)cc(OC)c2sccc12. The third-order valence-corrected chi connectivity index (χ3v) is 3.54. The fourth-order valence-corrected chi connectivity index (χ4v) is 2.84. The molecule has 1 heterocycles. The molecule has 0 spiro atoms. The van der Waals surface area contributed by atoms with E-state index in [1.165, 1.54) is 21.2 Å². The minimum absolute atomic E-state index is 1.00. The second kappa shape index (κ2) is 3.62. The van der Waals surface area contributed by atoms with Crippen LogP contribution < -0.4 is 4.74 Å². The van der Waals surface area contributed by atoms with Crippen molar-refractivity contribution in [2.24, 2.45) is 0 Å². The Morgan fingerprint density at radius 3 is 2.86 bits per heavy atom. The smallest absolute Gasteiger partial charge is 0.136 e. The summed E-state index contributed by atoms with van der Waals surface area (Å²) in [7, 11) is 1.74. The van der Waals surface area contributed by atoms with Gasteiger partial charge in [0.25, 0.3) is 0 Å². The van der Waals surface area contributed by atoms with Crippen molar-refractivity contribution in [3.05, 3.63) is 28.6 Å².